The van der Waals surface area contributed by atoms with Gasteiger partial charge < -0.3 is 30.0 Å². The molecule has 18 heteroatoms. The maximum Gasteiger partial charge on any atom is 0.335 e. The number of Topliss-reactive ketones (excluding diaryl/α,β-unsaturated/α-hetero) is 1. The number of fused-ring (bicyclic) bond motifs is 7. The molecule has 0 radical (unpaired) electrons. The molecule has 15 aromatic rings. The Labute approximate surface area is 906 Å². The largest absolute Gasteiger partial charge is 0.485 e. The summed E-state index contributed by atoms with van der Waals surface area (Å²) in [6.45, 7) is 15.3. The van der Waals surface area contributed by atoms with Gasteiger partial charge in [-0.05, 0) is 237 Å². The molecule has 0 atom stereocenters. The lowest BCUT2D eigenvalue weighted by Gasteiger charge is -2.29. The van der Waals surface area contributed by atoms with Crippen LogP contribution >= 0.6 is 44.3 Å². The van der Waals surface area contributed by atoms with Crippen LogP contribution in [0.5, 0.6) is 0 Å². The lowest BCUT2D eigenvalue weighted by atomic mass is 9.75. The number of alkyl halides is 2. The van der Waals surface area contributed by atoms with Gasteiger partial charge in [-0.1, -0.05) is 430 Å². The molecule has 6 aliphatic rings. The number of allylic oxidation sites excluding steroid dienone is 1. The first-order valence-corrected chi connectivity index (χ1v) is 56.7. The Balaban J connectivity index is 0.000000150. The molecule has 0 spiro atoms. The quantitative estimate of drug-likeness (QED) is 0.00518. The second kappa shape index (κ2) is 55.9. The molecule has 0 aliphatic heterocycles. The molecule has 774 valence electrons. The Hall–Kier alpha value is -12.5. The molecule has 21 rings (SSSR count). The first-order chi connectivity index (χ1) is 71.6. The van der Waals surface area contributed by atoms with Gasteiger partial charge in [0, 0.05) is 40.2 Å². The van der Waals surface area contributed by atoms with Gasteiger partial charge in [0.05, 0.1) is 66.2 Å². The first-order valence-electron chi connectivity index (χ1n) is 52.7. The standard InChI is InChI=1S/C17H20N2.C17H17N.C17H20O3S.C16H15N.C16H20O4.C16H18O.C16H16O.C12H9N.C4H8Br2.ClH/c18-16(19)12-17(9-3-4-10-17)15-8-7-13-5-1-2-6-14(13)11-15;1-18-13-17(10-4-5-11-17)16-9-8-14-6-2-3-7-15(14)12-16;1-21(18,19)20-13-17(10-4-5-11-17)16-9-8-14-6-2-3-7-15(14)12-16;17-12-16(9-3-4-10-16)15-8-7-13-5-1-2-6-14(13)11-15;1-12(17)14(10-15(18)20-16(2,3)4)19-11-13-8-6-5-7-9-13;2*17-12-16(9-3-4-10-16)15-8-7-13-5-1-2-6-14(13)11-15;13-8-7-10-5-6-11-3-1-2-4-12(11)9-10;5-3-1-2-4-6;/h1-2,5-8,11H,3-4,9-10,12H2,(H3,18,19);2-3,6-9,12H,4-5,10-11,13H2;2-3,6-9,12H,4-5,10-11,13H2,1H3;1-2,5-8,11H,3-4,9-10H2;5-10H,11H2,1-4H3;1-2,5-8,11,17H,3-4,9-10,12H2;1-2,5-8,11-12H,3-4,9-10H2;1-6,9H,7H2;1-4H2;1H/b;;;;14-10-;;;;;. The molecule has 6 aliphatic carbocycles. The van der Waals surface area contributed by atoms with E-state index in [0.29, 0.717) is 25.2 Å². The molecule has 4 N–H and O–H groups in total. The highest BCUT2D eigenvalue weighted by atomic mass is 79.9. The van der Waals surface area contributed by atoms with Crippen molar-refractivity contribution in [3.8, 4) is 12.1 Å². The molecule has 149 heavy (non-hydrogen) atoms. The van der Waals surface area contributed by atoms with E-state index < -0.39 is 21.7 Å². The van der Waals surface area contributed by atoms with Crippen LogP contribution in [0, 0.1) is 34.6 Å². The van der Waals surface area contributed by atoms with Gasteiger partial charge in [0.15, 0.2) is 11.5 Å². The maximum absolute atomic E-state index is 11.7. The van der Waals surface area contributed by atoms with E-state index in [4.69, 9.17) is 36.6 Å². The molecule has 0 unspecified atom stereocenters. The zero-order valence-corrected chi connectivity index (χ0v) is 91.9. The third-order valence-corrected chi connectivity index (χ3v) is 32.0. The molecule has 0 heterocycles. The number of ketones is 1. The summed E-state index contributed by atoms with van der Waals surface area (Å²) >= 11 is 6.66. The van der Waals surface area contributed by atoms with Gasteiger partial charge in [0.1, 0.15) is 18.5 Å². The van der Waals surface area contributed by atoms with Crippen molar-refractivity contribution in [2.24, 2.45) is 5.73 Å². The number of rotatable bonds is 23. The lowest BCUT2D eigenvalue weighted by molar-refractivity contribution is -0.149. The van der Waals surface area contributed by atoms with E-state index in [-0.39, 0.29) is 76.3 Å². The lowest BCUT2D eigenvalue weighted by Crippen LogP contribution is -2.29. The van der Waals surface area contributed by atoms with E-state index >= 15 is 0 Å². The van der Waals surface area contributed by atoms with Crippen LogP contribution in [-0.2, 0) is 83.7 Å². The SMILES string of the molecule is BrCCCCBr.CC(=O)/C(=C/C(=O)OC(C)(C)C)OCc1ccccc1.CS(=O)(=O)OCC1(c2ccc3ccccc3c2)CCCC1.Cl.N#CC1(c2ccc3ccccc3c2)CCCC1.N#CCc1ccc2ccccc2c1.N=C(N)CC1(c2ccc3ccccc3c2)CCCC1.O=CC1(c2ccc3ccccc3c2)CCCC1.OCC1(c2ccc3ccccc3c2)CCCC1.[C-]#[N+]CC1(c2ccc3ccccc3c2)CCCC1. The van der Waals surface area contributed by atoms with Gasteiger partial charge in [-0.2, -0.15) is 18.9 Å². The van der Waals surface area contributed by atoms with Crippen LogP contribution < -0.4 is 5.73 Å². The normalized spacial score (nSPS) is 16.0. The summed E-state index contributed by atoms with van der Waals surface area (Å²) in [4.78, 5) is 38.3. The highest BCUT2D eigenvalue weighted by Gasteiger charge is 2.42. The van der Waals surface area contributed by atoms with E-state index in [1.165, 1.54) is 212 Å². The van der Waals surface area contributed by atoms with Crippen molar-refractivity contribution in [1.29, 1.82) is 15.9 Å². The smallest absolute Gasteiger partial charge is 0.335 e. The van der Waals surface area contributed by atoms with Crippen molar-refractivity contribution >= 4 is 154 Å². The van der Waals surface area contributed by atoms with Gasteiger partial charge in [0.2, 0.25) is 6.54 Å². The van der Waals surface area contributed by atoms with E-state index in [9.17, 15) is 33.2 Å². The van der Waals surface area contributed by atoms with Crippen molar-refractivity contribution in [3.05, 3.63) is 395 Å². The van der Waals surface area contributed by atoms with Crippen molar-refractivity contribution in [3.63, 3.8) is 0 Å². The number of nitrogens with zero attached hydrogens (tertiary/aromatic N) is 3. The Bertz CT molecular complexity index is 7240. The monoisotopic (exact) mass is 2160 g/mol. The van der Waals surface area contributed by atoms with Crippen molar-refractivity contribution in [2.75, 3.05) is 36.7 Å². The van der Waals surface area contributed by atoms with Gasteiger partial charge in [-0.3, -0.25) is 14.4 Å². The van der Waals surface area contributed by atoms with E-state index in [1.807, 2.05) is 72.8 Å². The molecule has 15 aromatic carbocycles. The van der Waals surface area contributed by atoms with Crippen LogP contribution in [-0.4, -0.2) is 79.7 Å². The summed E-state index contributed by atoms with van der Waals surface area (Å²) in [6.07, 6.45) is 34.6. The topological polar surface area (TPSA) is 235 Å². The number of carbonyl (C=O) groups excluding carboxylic acids is 3. The molecule has 14 nitrogen and oxygen atoms in total. The van der Waals surface area contributed by atoms with Crippen LogP contribution in [0.1, 0.15) is 246 Å². The molecule has 0 bridgehead atoms. The Morgan fingerprint density at radius 1 is 0.443 bits per heavy atom. The fraction of sp³-hybridized carbons (Fsp3) is 0.351. The highest BCUT2D eigenvalue weighted by molar-refractivity contribution is 9.09. The number of aliphatic hydroxyl groups is 1. The van der Waals surface area contributed by atoms with Crippen LogP contribution in [0.3, 0.4) is 0 Å². The fourth-order valence-electron chi connectivity index (χ4n) is 22.1. The van der Waals surface area contributed by atoms with E-state index in [1.54, 1.807) is 20.8 Å². The van der Waals surface area contributed by atoms with Crippen molar-refractivity contribution < 1.29 is 41.6 Å². The Morgan fingerprint density at radius 3 is 1.13 bits per heavy atom. The molecular weight excluding hydrogens is 2010 g/mol. The van der Waals surface area contributed by atoms with Crippen LogP contribution in [0.25, 0.3) is 80.3 Å². The van der Waals surface area contributed by atoms with Crippen LogP contribution in [0.4, 0.5) is 0 Å². The van der Waals surface area contributed by atoms with E-state index in [2.05, 4.69) is 304 Å². The van der Waals surface area contributed by atoms with Crippen molar-refractivity contribution in [1.82, 2.24) is 0 Å². The molecular formula is C131H144Br2ClN5O9S. The number of hydrogen-bond acceptors (Lipinski definition) is 12. The Kier molecular flexibility index (Phi) is 43.2. The average molecular weight is 2160 g/mol. The summed E-state index contributed by atoms with van der Waals surface area (Å²) in [5.74, 6) is -0.583. The maximum atomic E-state index is 11.7. The summed E-state index contributed by atoms with van der Waals surface area (Å²) in [6, 6.07) is 118. The first kappa shape index (κ1) is 115. The number of aldehydes is 1. The zero-order chi connectivity index (χ0) is 105. The molecule has 0 amide bonds. The number of hydrogen-bond donors (Lipinski definition) is 3. The number of aliphatic hydroxyl groups excluding tert-OH is 1. The van der Waals surface area contributed by atoms with Gasteiger partial charge in [-0.25, -0.2) is 11.4 Å². The number of carbonyl (C=O) groups is 3. The predicted molar refractivity (Wildman–Crippen MR) is 625 cm³/mol. The predicted octanol–water partition coefficient (Wildman–Crippen LogP) is 32.7. The summed E-state index contributed by atoms with van der Waals surface area (Å²) < 4.78 is 38.4. The minimum Gasteiger partial charge on any atom is -0.485 e. The van der Waals surface area contributed by atoms with Gasteiger partial charge >= 0.3 is 5.97 Å². The molecule has 0 saturated heterocycles. The second-order valence-electron chi connectivity index (χ2n) is 41.8. The van der Waals surface area contributed by atoms with E-state index in [0.717, 1.165) is 111 Å². The number of esters is 1. The zero-order valence-electron chi connectivity index (χ0n) is 87.1. The van der Waals surface area contributed by atoms with Gasteiger partial charge in [0.25, 0.3) is 10.1 Å². The minimum atomic E-state index is -3.40. The molecule has 0 aromatic heterocycles. The number of halogens is 3. The average Bonchev–Trinajstić information content (AvgIpc) is 1.25. The summed E-state index contributed by atoms with van der Waals surface area (Å²) in [7, 11) is -3.40. The number of nitrogens with two attached hydrogens (primary N) is 1. The second-order valence-corrected chi connectivity index (χ2v) is 45.1. The molecule has 6 fully saturated rings. The van der Waals surface area contributed by atoms with Crippen LogP contribution in [0.2, 0.25) is 0 Å². The number of unbranched alkanes of at least 4 members (excludes halogenated alkanes) is 1. The summed E-state index contributed by atoms with van der Waals surface area (Å²) in [5, 5.41) is 55.2. The number of nitriles is 2. The third kappa shape index (κ3) is 32.1. The number of amidine groups is 1. The number of nitrogens with one attached hydrogen (secondary N) is 1. The van der Waals surface area contributed by atoms with Gasteiger partial charge in [-0.15, -0.1) is 12.4 Å². The number of ether oxygens (including phenoxy) is 2. The number of benzene rings is 15. The summed E-state index contributed by atoms with van der Waals surface area (Å²) in [5.41, 5.74) is 14.4. The Morgan fingerprint density at radius 2 is 0.765 bits per heavy atom. The molecule has 6 saturated carbocycles. The fourth-order valence-corrected chi connectivity index (χ4v) is 23.4. The van der Waals surface area contributed by atoms with Crippen LogP contribution in [0.15, 0.2) is 339 Å². The highest BCUT2D eigenvalue weighted by Crippen LogP contribution is 2.49. The van der Waals surface area contributed by atoms with Crippen molar-refractivity contribution in [2.45, 2.75) is 252 Å². The minimum absolute atomic E-state index is 0. The third-order valence-electron chi connectivity index (χ3n) is 30.3.